The fourth-order valence-corrected chi connectivity index (χ4v) is 2.40. The van der Waals surface area contributed by atoms with E-state index in [0.29, 0.717) is 16.8 Å². The molecule has 0 aliphatic heterocycles. The molecular formula is C14H22BrNO2. The average Bonchev–Trinajstić information content (AvgIpc) is 2.35. The third kappa shape index (κ3) is 4.18. The van der Waals surface area contributed by atoms with E-state index in [0.717, 1.165) is 31.6 Å². The smallest absolute Gasteiger partial charge is 0.172 e. The summed E-state index contributed by atoms with van der Waals surface area (Å²) in [4.78, 5) is 2.37. The van der Waals surface area contributed by atoms with Crippen LogP contribution in [0.15, 0.2) is 16.6 Å². The van der Waals surface area contributed by atoms with Gasteiger partial charge in [0.05, 0.1) is 11.1 Å². The van der Waals surface area contributed by atoms with Gasteiger partial charge in [-0.05, 0) is 60.1 Å². The second-order valence-corrected chi connectivity index (χ2v) is 5.08. The molecule has 0 saturated heterocycles. The number of ether oxygens (including phenoxy) is 1. The molecule has 1 N–H and O–H groups in total. The number of phenols is 1. The van der Waals surface area contributed by atoms with E-state index in [4.69, 9.17) is 4.74 Å². The van der Waals surface area contributed by atoms with Crippen molar-refractivity contribution >= 4 is 15.9 Å². The van der Waals surface area contributed by atoms with Gasteiger partial charge in [-0.2, -0.15) is 0 Å². The van der Waals surface area contributed by atoms with Gasteiger partial charge in [0.1, 0.15) is 0 Å². The van der Waals surface area contributed by atoms with E-state index < -0.39 is 0 Å². The Morgan fingerprint density at radius 3 is 2.56 bits per heavy atom. The fourth-order valence-electron chi connectivity index (χ4n) is 1.91. The van der Waals surface area contributed by atoms with Crippen molar-refractivity contribution in [2.75, 3.05) is 19.7 Å². The molecule has 1 aromatic carbocycles. The van der Waals surface area contributed by atoms with Crippen LogP contribution in [0.1, 0.15) is 32.8 Å². The molecular weight excluding hydrogens is 294 g/mol. The van der Waals surface area contributed by atoms with Crippen LogP contribution in [-0.2, 0) is 6.54 Å². The first-order chi connectivity index (χ1) is 8.62. The Kier molecular flexibility index (Phi) is 6.50. The molecule has 0 aliphatic carbocycles. The lowest BCUT2D eigenvalue weighted by Gasteiger charge is -2.20. The van der Waals surface area contributed by atoms with Crippen LogP contribution in [0, 0.1) is 0 Å². The van der Waals surface area contributed by atoms with Crippen molar-refractivity contribution in [2.45, 2.75) is 33.7 Å². The number of benzene rings is 1. The van der Waals surface area contributed by atoms with Gasteiger partial charge in [0.2, 0.25) is 0 Å². The van der Waals surface area contributed by atoms with Crippen molar-refractivity contribution in [3.8, 4) is 11.5 Å². The van der Waals surface area contributed by atoms with Crippen LogP contribution >= 0.6 is 15.9 Å². The molecule has 3 nitrogen and oxygen atoms in total. The molecule has 0 aliphatic rings. The molecule has 0 aromatic heterocycles. The van der Waals surface area contributed by atoms with Crippen molar-refractivity contribution in [3.05, 3.63) is 22.2 Å². The highest BCUT2D eigenvalue weighted by Crippen LogP contribution is 2.35. The molecule has 0 amide bonds. The van der Waals surface area contributed by atoms with E-state index in [1.165, 1.54) is 0 Å². The quantitative estimate of drug-likeness (QED) is 0.831. The Bertz CT molecular complexity index is 382. The summed E-state index contributed by atoms with van der Waals surface area (Å²) >= 11 is 3.37. The minimum absolute atomic E-state index is 0.180. The molecule has 0 atom stereocenters. The molecule has 102 valence electrons. The number of nitrogens with zero attached hydrogens (tertiary/aromatic N) is 1. The van der Waals surface area contributed by atoms with Gasteiger partial charge < -0.3 is 9.84 Å². The minimum atomic E-state index is 0.180. The summed E-state index contributed by atoms with van der Waals surface area (Å²) in [7, 11) is 0. The predicted octanol–water partition coefficient (Wildman–Crippen LogP) is 3.79. The van der Waals surface area contributed by atoms with E-state index in [1.54, 1.807) is 0 Å². The first kappa shape index (κ1) is 15.3. The molecule has 0 spiro atoms. The van der Waals surface area contributed by atoms with Crippen molar-refractivity contribution in [1.29, 1.82) is 0 Å². The van der Waals surface area contributed by atoms with Crippen LogP contribution < -0.4 is 4.74 Å². The second-order valence-electron chi connectivity index (χ2n) is 4.23. The van der Waals surface area contributed by atoms with Gasteiger partial charge in [0.15, 0.2) is 11.5 Å². The number of phenolic OH excluding ortho intramolecular Hbond substituents is 1. The average molecular weight is 316 g/mol. The van der Waals surface area contributed by atoms with E-state index in [2.05, 4.69) is 34.7 Å². The molecule has 0 heterocycles. The summed E-state index contributed by atoms with van der Waals surface area (Å²) in [5.41, 5.74) is 1.15. The number of rotatable bonds is 7. The van der Waals surface area contributed by atoms with Crippen molar-refractivity contribution < 1.29 is 9.84 Å². The summed E-state index contributed by atoms with van der Waals surface area (Å²) < 4.78 is 6.13. The maximum Gasteiger partial charge on any atom is 0.172 e. The summed E-state index contributed by atoms with van der Waals surface area (Å²) in [5, 5.41) is 9.86. The maximum atomic E-state index is 9.86. The van der Waals surface area contributed by atoms with Gasteiger partial charge in [-0.25, -0.2) is 0 Å². The largest absolute Gasteiger partial charge is 0.503 e. The van der Waals surface area contributed by atoms with Crippen LogP contribution in [0.25, 0.3) is 0 Å². The lowest BCUT2D eigenvalue weighted by molar-refractivity contribution is 0.278. The van der Waals surface area contributed by atoms with Crippen molar-refractivity contribution in [1.82, 2.24) is 4.90 Å². The lowest BCUT2D eigenvalue weighted by Crippen LogP contribution is -2.23. The van der Waals surface area contributed by atoms with Gasteiger partial charge >= 0.3 is 0 Å². The lowest BCUT2D eigenvalue weighted by atomic mass is 10.2. The molecule has 1 rings (SSSR count). The van der Waals surface area contributed by atoms with Gasteiger partial charge in [-0.1, -0.05) is 13.8 Å². The number of aromatic hydroxyl groups is 1. The monoisotopic (exact) mass is 315 g/mol. The molecule has 4 heteroatoms. The van der Waals surface area contributed by atoms with Gasteiger partial charge in [0, 0.05) is 6.54 Å². The zero-order valence-corrected chi connectivity index (χ0v) is 13.0. The summed E-state index contributed by atoms with van der Waals surface area (Å²) in [6, 6.07) is 3.87. The SMILES string of the molecule is CCCN(CC)Cc1cc(Br)c(O)c(OCC)c1. The Labute approximate surface area is 118 Å². The topological polar surface area (TPSA) is 32.7 Å². The molecule has 0 bridgehead atoms. The maximum absolute atomic E-state index is 9.86. The Hall–Kier alpha value is -0.740. The third-order valence-electron chi connectivity index (χ3n) is 2.78. The van der Waals surface area contributed by atoms with E-state index in [1.807, 2.05) is 19.1 Å². The van der Waals surface area contributed by atoms with Gasteiger partial charge in [0.25, 0.3) is 0 Å². The standard InChI is InChI=1S/C14H22BrNO2/c1-4-7-16(5-2)10-11-8-12(15)14(17)13(9-11)18-6-3/h8-9,17H,4-7,10H2,1-3H3. The second kappa shape index (κ2) is 7.64. The van der Waals surface area contributed by atoms with E-state index in [9.17, 15) is 5.11 Å². The number of hydrogen-bond donors (Lipinski definition) is 1. The first-order valence-electron chi connectivity index (χ1n) is 6.48. The molecule has 0 unspecified atom stereocenters. The normalized spacial score (nSPS) is 10.9. The number of halogens is 1. The van der Waals surface area contributed by atoms with E-state index >= 15 is 0 Å². The van der Waals surface area contributed by atoms with Crippen LogP contribution in [0.3, 0.4) is 0 Å². The van der Waals surface area contributed by atoms with Gasteiger partial charge in [-0.15, -0.1) is 0 Å². The minimum Gasteiger partial charge on any atom is -0.503 e. The van der Waals surface area contributed by atoms with Crippen LogP contribution in [0.2, 0.25) is 0 Å². The molecule has 0 radical (unpaired) electrons. The molecule has 0 fully saturated rings. The van der Waals surface area contributed by atoms with Crippen LogP contribution in [0.5, 0.6) is 11.5 Å². The van der Waals surface area contributed by atoms with Crippen molar-refractivity contribution in [2.24, 2.45) is 0 Å². The number of hydrogen-bond acceptors (Lipinski definition) is 3. The highest BCUT2D eigenvalue weighted by molar-refractivity contribution is 9.10. The highest BCUT2D eigenvalue weighted by atomic mass is 79.9. The zero-order chi connectivity index (χ0) is 13.5. The molecule has 1 aromatic rings. The first-order valence-corrected chi connectivity index (χ1v) is 7.28. The summed E-state index contributed by atoms with van der Waals surface area (Å²) in [6.07, 6.45) is 1.14. The zero-order valence-electron chi connectivity index (χ0n) is 11.4. The highest BCUT2D eigenvalue weighted by Gasteiger charge is 2.11. The van der Waals surface area contributed by atoms with Crippen LogP contribution in [-0.4, -0.2) is 29.7 Å². The Balaban J connectivity index is 2.88. The summed E-state index contributed by atoms with van der Waals surface area (Å²) in [5.74, 6) is 0.730. The Morgan fingerprint density at radius 1 is 1.28 bits per heavy atom. The molecule has 0 saturated carbocycles. The van der Waals surface area contributed by atoms with Gasteiger partial charge in [-0.3, -0.25) is 4.90 Å². The fraction of sp³-hybridized carbons (Fsp3) is 0.571. The van der Waals surface area contributed by atoms with Crippen molar-refractivity contribution in [3.63, 3.8) is 0 Å². The Morgan fingerprint density at radius 2 is 2.00 bits per heavy atom. The predicted molar refractivity (Wildman–Crippen MR) is 78.2 cm³/mol. The van der Waals surface area contributed by atoms with Crippen LogP contribution in [0.4, 0.5) is 0 Å². The summed E-state index contributed by atoms with van der Waals surface area (Å²) in [6.45, 7) is 9.79. The molecule has 18 heavy (non-hydrogen) atoms. The third-order valence-corrected chi connectivity index (χ3v) is 3.39. The van der Waals surface area contributed by atoms with E-state index in [-0.39, 0.29) is 5.75 Å².